The molecule has 0 N–H and O–H groups in total. The van der Waals surface area contributed by atoms with Gasteiger partial charge in [0.1, 0.15) is 0 Å². The standard InChI is InChI=1S/C16H14/c1-2-3-9-14-12-7-8-13-16(14)15-10-5-4-6-11-15/h2-13H,1H2/b9-3+/i9D. The third-order valence-electron chi connectivity index (χ3n) is 2.37. The fourth-order valence-corrected chi connectivity index (χ4v) is 1.63. The first kappa shape index (κ1) is 9.17. The lowest BCUT2D eigenvalue weighted by Gasteiger charge is -2.05. The van der Waals surface area contributed by atoms with E-state index in [-0.39, 0.29) is 0 Å². The van der Waals surface area contributed by atoms with Crippen molar-refractivity contribution in [2.24, 2.45) is 0 Å². The summed E-state index contributed by atoms with van der Waals surface area (Å²) in [4.78, 5) is 0. The van der Waals surface area contributed by atoms with Gasteiger partial charge in [0.2, 0.25) is 0 Å². The van der Waals surface area contributed by atoms with Crippen molar-refractivity contribution in [1.82, 2.24) is 0 Å². The highest BCUT2D eigenvalue weighted by molar-refractivity contribution is 5.75. The molecule has 0 aromatic heterocycles. The Kier molecular flexibility index (Phi) is 2.94. The Morgan fingerprint density at radius 1 is 0.938 bits per heavy atom. The molecule has 16 heavy (non-hydrogen) atoms. The summed E-state index contributed by atoms with van der Waals surface area (Å²) in [5.41, 5.74) is 3.14. The van der Waals surface area contributed by atoms with Gasteiger partial charge in [-0.15, -0.1) is 0 Å². The van der Waals surface area contributed by atoms with Crippen LogP contribution < -0.4 is 0 Å². The van der Waals surface area contributed by atoms with E-state index in [1.807, 2.05) is 42.5 Å². The van der Waals surface area contributed by atoms with Crippen LogP contribution >= 0.6 is 0 Å². The van der Waals surface area contributed by atoms with Crippen LogP contribution in [0.2, 0.25) is 0 Å². The number of rotatable bonds is 3. The molecule has 2 rings (SSSR count). The number of hydrogen-bond acceptors (Lipinski definition) is 0. The quantitative estimate of drug-likeness (QED) is 0.647. The van der Waals surface area contributed by atoms with Crippen molar-refractivity contribution >= 4 is 6.05 Å². The third kappa shape index (κ3) is 2.29. The average Bonchev–Trinajstić information content (AvgIpc) is 2.40. The second kappa shape index (κ2) is 5.13. The summed E-state index contributed by atoms with van der Waals surface area (Å²) in [6.07, 6.45) is 3.35. The highest BCUT2D eigenvalue weighted by atomic mass is 14.0. The molecule has 0 aliphatic heterocycles. The van der Waals surface area contributed by atoms with Gasteiger partial charge in [-0.05, 0) is 16.7 Å². The molecule has 0 fully saturated rings. The maximum atomic E-state index is 7.99. The number of benzene rings is 2. The monoisotopic (exact) mass is 207 g/mol. The van der Waals surface area contributed by atoms with Gasteiger partial charge < -0.3 is 0 Å². The topological polar surface area (TPSA) is 0 Å². The Hall–Kier alpha value is -2.08. The molecule has 0 amide bonds. The van der Waals surface area contributed by atoms with E-state index in [2.05, 4.69) is 18.7 Å². The van der Waals surface area contributed by atoms with Gasteiger partial charge in [0.05, 0.1) is 1.37 Å². The molecule has 0 saturated heterocycles. The van der Waals surface area contributed by atoms with Gasteiger partial charge in [-0.2, -0.15) is 0 Å². The summed E-state index contributed by atoms with van der Waals surface area (Å²) in [5, 5.41) is 0. The van der Waals surface area contributed by atoms with Gasteiger partial charge in [0.25, 0.3) is 0 Å². The van der Waals surface area contributed by atoms with Gasteiger partial charge >= 0.3 is 0 Å². The second-order valence-corrected chi connectivity index (χ2v) is 3.46. The lowest BCUT2D eigenvalue weighted by atomic mass is 9.99. The molecule has 0 saturated carbocycles. The summed E-state index contributed by atoms with van der Waals surface area (Å²) in [5.74, 6) is 0. The molecule has 2 aromatic rings. The van der Waals surface area contributed by atoms with E-state index in [4.69, 9.17) is 1.37 Å². The fourth-order valence-electron chi connectivity index (χ4n) is 1.63. The minimum atomic E-state index is 0.486. The molecular weight excluding hydrogens is 192 g/mol. The fraction of sp³-hybridized carbons (Fsp3) is 0. The first-order chi connectivity index (χ1) is 8.33. The zero-order valence-electron chi connectivity index (χ0n) is 10.1. The molecule has 2 aromatic carbocycles. The SMILES string of the molecule is [2H]/C(=C\C=C)c1ccccc1-c1ccccc1. The van der Waals surface area contributed by atoms with Crippen LogP contribution in [0.1, 0.15) is 6.93 Å². The summed E-state index contributed by atoms with van der Waals surface area (Å²) < 4.78 is 7.99. The highest BCUT2D eigenvalue weighted by Gasteiger charge is 1.99. The molecule has 0 atom stereocenters. The zero-order valence-corrected chi connectivity index (χ0v) is 9.06. The molecule has 0 spiro atoms. The van der Waals surface area contributed by atoms with Crippen LogP contribution in [-0.4, -0.2) is 0 Å². The molecule has 0 radical (unpaired) electrons. The third-order valence-corrected chi connectivity index (χ3v) is 2.37. The van der Waals surface area contributed by atoms with E-state index in [0.29, 0.717) is 6.05 Å². The summed E-state index contributed by atoms with van der Waals surface area (Å²) >= 11 is 0. The van der Waals surface area contributed by atoms with Crippen LogP contribution in [0.5, 0.6) is 0 Å². The molecule has 0 aliphatic carbocycles. The van der Waals surface area contributed by atoms with E-state index in [9.17, 15) is 0 Å². The lowest BCUT2D eigenvalue weighted by Crippen LogP contribution is -1.81. The first-order valence-corrected chi connectivity index (χ1v) is 5.27. The predicted molar refractivity (Wildman–Crippen MR) is 71.1 cm³/mol. The van der Waals surface area contributed by atoms with Crippen molar-refractivity contribution in [3.8, 4) is 11.1 Å². The van der Waals surface area contributed by atoms with E-state index in [0.717, 1.165) is 16.7 Å². The molecule has 0 heteroatoms. The van der Waals surface area contributed by atoms with Crippen LogP contribution in [0.4, 0.5) is 0 Å². The number of allylic oxidation sites excluding steroid dienone is 2. The first-order valence-electron chi connectivity index (χ1n) is 5.77. The average molecular weight is 207 g/mol. The maximum absolute atomic E-state index is 7.99. The predicted octanol–water partition coefficient (Wildman–Crippen LogP) is 4.55. The summed E-state index contributed by atoms with van der Waals surface area (Å²) in [6, 6.07) is 18.5. The van der Waals surface area contributed by atoms with Crippen LogP contribution in [0.3, 0.4) is 0 Å². The van der Waals surface area contributed by atoms with Crippen LogP contribution in [0.25, 0.3) is 17.2 Å². The van der Waals surface area contributed by atoms with Crippen molar-refractivity contribution in [1.29, 1.82) is 0 Å². The van der Waals surface area contributed by atoms with Crippen molar-refractivity contribution in [2.45, 2.75) is 0 Å². The van der Waals surface area contributed by atoms with Gasteiger partial charge in [0.15, 0.2) is 0 Å². The van der Waals surface area contributed by atoms with E-state index >= 15 is 0 Å². The smallest absolute Gasteiger partial charge is 0.0629 e. The minimum absolute atomic E-state index is 0.486. The molecule has 78 valence electrons. The molecule has 0 nitrogen and oxygen atoms in total. The minimum Gasteiger partial charge on any atom is -0.0991 e. The van der Waals surface area contributed by atoms with E-state index < -0.39 is 0 Å². The van der Waals surface area contributed by atoms with Crippen molar-refractivity contribution in [3.05, 3.63) is 78.9 Å². The van der Waals surface area contributed by atoms with Crippen molar-refractivity contribution in [3.63, 3.8) is 0 Å². The normalized spacial score (nSPS) is 12.0. The van der Waals surface area contributed by atoms with Gasteiger partial charge in [-0.1, -0.05) is 79.4 Å². The Bertz CT molecular complexity index is 538. The molecule has 0 heterocycles. The molecular formula is C16H14. The lowest BCUT2D eigenvalue weighted by molar-refractivity contribution is 1.59. The Labute approximate surface area is 98.0 Å². The van der Waals surface area contributed by atoms with Crippen LogP contribution in [0.15, 0.2) is 73.3 Å². The van der Waals surface area contributed by atoms with Gasteiger partial charge in [0, 0.05) is 0 Å². The van der Waals surface area contributed by atoms with E-state index in [1.165, 1.54) is 0 Å². The maximum Gasteiger partial charge on any atom is 0.0629 e. The molecule has 0 bridgehead atoms. The number of hydrogen-bond donors (Lipinski definition) is 0. The van der Waals surface area contributed by atoms with Gasteiger partial charge in [-0.25, -0.2) is 0 Å². The largest absolute Gasteiger partial charge is 0.0991 e. The van der Waals surface area contributed by atoms with Crippen LogP contribution in [0, 0.1) is 0 Å². The zero-order chi connectivity index (χ0) is 12.1. The second-order valence-electron chi connectivity index (χ2n) is 3.46. The highest BCUT2D eigenvalue weighted by Crippen LogP contribution is 2.24. The van der Waals surface area contributed by atoms with Crippen molar-refractivity contribution < 1.29 is 1.37 Å². The summed E-state index contributed by atoms with van der Waals surface area (Å²) in [7, 11) is 0. The van der Waals surface area contributed by atoms with Gasteiger partial charge in [-0.3, -0.25) is 0 Å². The Morgan fingerprint density at radius 3 is 2.38 bits per heavy atom. The molecule has 0 aliphatic rings. The van der Waals surface area contributed by atoms with Crippen molar-refractivity contribution in [2.75, 3.05) is 0 Å². The van der Waals surface area contributed by atoms with E-state index in [1.54, 1.807) is 12.2 Å². The Morgan fingerprint density at radius 2 is 1.62 bits per heavy atom. The van der Waals surface area contributed by atoms with Crippen LogP contribution in [-0.2, 0) is 0 Å². The Balaban J connectivity index is 2.56. The summed E-state index contributed by atoms with van der Waals surface area (Å²) in [6.45, 7) is 3.63. The molecule has 0 unspecified atom stereocenters.